The molecule has 3 rings (SSSR count). The van der Waals surface area contributed by atoms with Gasteiger partial charge in [-0.2, -0.15) is 5.26 Å². The minimum absolute atomic E-state index is 0.160. The summed E-state index contributed by atoms with van der Waals surface area (Å²) in [6.07, 6.45) is 2.69. The predicted octanol–water partition coefficient (Wildman–Crippen LogP) is 5.44. The molecule has 1 N–H and O–H groups in total. The minimum atomic E-state index is -1.02. The highest BCUT2D eigenvalue weighted by atomic mass is 16.4. The maximum absolute atomic E-state index is 11.9. The minimum Gasteiger partial charge on any atom is -0.477 e. The summed E-state index contributed by atoms with van der Waals surface area (Å²) in [5.74, 6) is -1.02. The van der Waals surface area contributed by atoms with Gasteiger partial charge in [-0.05, 0) is 35.1 Å². The van der Waals surface area contributed by atoms with Crippen LogP contribution in [0, 0.1) is 11.3 Å². The number of aromatic nitrogens is 1. The molecule has 3 aromatic rings. The molecule has 0 aliphatic heterocycles. The second-order valence-corrected chi connectivity index (χ2v) is 6.86. The van der Waals surface area contributed by atoms with E-state index in [9.17, 15) is 15.2 Å². The number of hydrogen-bond donors (Lipinski definition) is 1. The third-order valence-electron chi connectivity index (χ3n) is 5.19. The summed E-state index contributed by atoms with van der Waals surface area (Å²) < 4.78 is 1.63. The van der Waals surface area contributed by atoms with Crippen molar-refractivity contribution in [1.82, 2.24) is 4.57 Å². The molecule has 0 amide bonds. The van der Waals surface area contributed by atoms with Crippen LogP contribution in [0.1, 0.15) is 47.6 Å². The third-order valence-corrected chi connectivity index (χ3v) is 5.19. The topological polar surface area (TPSA) is 66.0 Å². The summed E-state index contributed by atoms with van der Waals surface area (Å²) in [6, 6.07) is 18.4. The first kappa shape index (κ1) is 19.4. The summed E-state index contributed by atoms with van der Waals surface area (Å²) in [7, 11) is 1.71. The molecule has 4 nitrogen and oxygen atoms in total. The molecule has 2 aromatic carbocycles. The largest absolute Gasteiger partial charge is 0.477 e. The van der Waals surface area contributed by atoms with Crippen molar-refractivity contribution in [3.05, 3.63) is 71.0 Å². The van der Waals surface area contributed by atoms with Gasteiger partial charge in [-0.15, -0.1) is 0 Å². The molecular formula is C24H24N2O2. The van der Waals surface area contributed by atoms with Gasteiger partial charge < -0.3 is 9.67 Å². The van der Waals surface area contributed by atoms with Crippen molar-refractivity contribution < 1.29 is 9.90 Å². The molecular weight excluding hydrogens is 348 g/mol. The number of carboxylic acid groups (broad SMARTS) is 1. The first-order valence-corrected chi connectivity index (χ1v) is 9.57. The highest BCUT2D eigenvalue weighted by Crippen LogP contribution is 2.34. The molecule has 1 aromatic heterocycles. The fourth-order valence-electron chi connectivity index (χ4n) is 3.90. The predicted molar refractivity (Wildman–Crippen MR) is 111 cm³/mol. The Morgan fingerprint density at radius 1 is 1.07 bits per heavy atom. The van der Waals surface area contributed by atoms with Gasteiger partial charge in [-0.1, -0.05) is 68.8 Å². The average Bonchev–Trinajstić information content (AvgIpc) is 3.00. The molecule has 0 unspecified atom stereocenters. The Balaban J connectivity index is 2.14. The van der Waals surface area contributed by atoms with E-state index in [4.69, 9.17) is 0 Å². The van der Waals surface area contributed by atoms with Crippen molar-refractivity contribution in [2.24, 2.45) is 7.05 Å². The van der Waals surface area contributed by atoms with Crippen molar-refractivity contribution in [2.75, 3.05) is 0 Å². The molecule has 28 heavy (non-hydrogen) atoms. The second kappa shape index (κ2) is 8.14. The molecule has 0 saturated carbocycles. The van der Waals surface area contributed by atoms with E-state index in [1.807, 2.05) is 37.3 Å². The number of benzene rings is 2. The smallest absolute Gasteiger partial charge is 0.353 e. The standard InChI is InChI=1S/C24H24N2O2/c1-4-8-16-9-6-7-10-19(16)17-11-13-18(14-12-17)22-20(15-25)21(5-2)26(3)23(22)24(27)28/h6-7,9-14H,4-5,8H2,1-3H3,(H,27,28). The molecule has 0 aliphatic rings. The SMILES string of the molecule is CCCc1ccccc1-c1ccc(-c2c(C#N)c(CC)n(C)c2C(=O)O)cc1. The average molecular weight is 372 g/mol. The van der Waals surface area contributed by atoms with Crippen LogP contribution < -0.4 is 0 Å². The van der Waals surface area contributed by atoms with Crippen LogP contribution in [0.25, 0.3) is 22.3 Å². The van der Waals surface area contributed by atoms with Crippen LogP contribution in [0.3, 0.4) is 0 Å². The molecule has 0 atom stereocenters. The fraction of sp³-hybridized carbons (Fsp3) is 0.250. The second-order valence-electron chi connectivity index (χ2n) is 6.86. The van der Waals surface area contributed by atoms with Gasteiger partial charge in [0.15, 0.2) is 0 Å². The molecule has 0 spiro atoms. The Hall–Kier alpha value is -3.32. The number of aryl methyl sites for hydroxylation is 1. The maximum atomic E-state index is 11.9. The summed E-state index contributed by atoms with van der Waals surface area (Å²) in [5, 5.41) is 19.4. The summed E-state index contributed by atoms with van der Waals surface area (Å²) in [5.41, 5.74) is 6.19. The van der Waals surface area contributed by atoms with E-state index in [1.54, 1.807) is 11.6 Å². The van der Waals surface area contributed by atoms with Crippen LogP contribution in [0.2, 0.25) is 0 Å². The number of nitrogens with zero attached hydrogens (tertiary/aromatic N) is 2. The van der Waals surface area contributed by atoms with E-state index in [-0.39, 0.29) is 5.69 Å². The fourth-order valence-corrected chi connectivity index (χ4v) is 3.90. The number of carboxylic acids is 1. The first-order valence-electron chi connectivity index (χ1n) is 9.57. The quantitative estimate of drug-likeness (QED) is 0.626. The van der Waals surface area contributed by atoms with Gasteiger partial charge in [-0.25, -0.2) is 4.79 Å². The lowest BCUT2D eigenvalue weighted by atomic mass is 9.94. The number of carbonyl (C=O) groups is 1. The lowest BCUT2D eigenvalue weighted by Gasteiger charge is -2.10. The number of rotatable bonds is 6. The highest BCUT2D eigenvalue weighted by Gasteiger charge is 2.25. The molecule has 142 valence electrons. The molecule has 1 heterocycles. The zero-order chi connectivity index (χ0) is 20.3. The van der Waals surface area contributed by atoms with E-state index in [2.05, 4.69) is 31.2 Å². The van der Waals surface area contributed by atoms with Crippen LogP contribution in [-0.4, -0.2) is 15.6 Å². The van der Waals surface area contributed by atoms with Gasteiger partial charge in [-0.3, -0.25) is 0 Å². The van der Waals surface area contributed by atoms with Crippen LogP contribution in [0.15, 0.2) is 48.5 Å². The number of aromatic carboxylic acids is 1. The molecule has 0 bridgehead atoms. The Kier molecular flexibility index (Phi) is 5.65. The Labute approximate surface area is 165 Å². The Morgan fingerprint density at radius 3 is 2.29 bits per heavy atom. The van der Waals surface area contributed by atoms with Crippen LogP contribution >= 0.6 is 0 Å². The van der Waals surface area contributed by atoms with Gasteiger partial charge in [0, 0.05) is 18.3 Å². The molecule has 0 aliphatic carbocycles. The van der Waals surface area contributed by atoms with Crippen LogP contribution in [0.4, 0.5) is 0 Å². The van der Waals surface area contributed by atoms with Crippen LogP contribution in [-0.2, 0) is 19.9 Å². The van der Waals surface area contributed by atoms with E-state index >= 15 is 0 Å². The Morgan fingerprint density at radius 2 is 1.71 bits per heavy atom. The molecule has 0 fully saturated rings. The van der Waals surface area contributed by atoms with Crippen molar-refractivity contribution in [2.45, 2.75) is 33.1 Å². The third kappa shape index (κ3) is 3.32. The summed E-state index contributed by atoms with van der Waals surface area (Å²) in [4.78, 5) is 11.9. The van der Waals surface area contributed by atoms with Gasteiger partial charge in [0.05, 0.1) is 5.56 Å². The highest BCUT2D eigenvalue weighted by molar-refractivity contribution is 5.97. The van der Waals surface area contributed by atoms with Crippen molar-refractivity contribution >= 4 is 5.97 Å². The van der Waals surface area contributed by atoms with Crippen molar-refractivity contribution in [3.8, 4) is 28.3 Å². The first-order chi connectivity index (χ1) is 13.5. The van der Waals surface area contributed by atoms with Gasteiger partial charge in [0.1, 0.15) is 11.8 Å². The van der Waals surface area contributed by atoms with E-state index < -0.39 is 5.97 Å². The van der Waals surface area contributed by atoms with E-state index in [1.165, 1.54) is 11.1 Å². The van der Waals surface area contributed by atoms with Gasteiger partial charge in [0.25, 0.3) is 0 Å². The zero-order valence-corrected chi connectivity index (χ0v) is 16.5. The van der Waals surface area contributed by atoms with Crippen LogP contribution in [0.5, 0.6) is 0 Å². The molecule has 0 radical (unpaired) electrons. The summed E-state index contributed by atoms with van der Waals surface area (Å²) in [6.45, 7) is 4.09. The monoisotopic (exact) mass is 372 g/mol. The van der Waals surface area contributed by atoms with Gasteiger partial charge >= 0.3 is 5.97 Å². The Bertz CT molecular complexity index is 1050. The van der Waals surface area contributed by atoms with Crippen molar-refractivity contribution in [1.29, 1.82) is 5.26 Å². The molecule has 0 saturated heterocycles. The van der Waals surface area contributed by atoms with Gasteiger partial charge in [0.2, 0.25) is 0 Å². The lowest BCUT2D eigenvalue weighted by Crippen LogP contribution is -2.07. The zero-order valence-electron chi connectivity index (χ0n) is 16.5. The molecule has 4 heteroatoms. The summed E-state index contributed by atoms with van der Waals surface area (Å²) >= 11 is 0. The number of hydrogen-bond acceptors (Lipinski definition) is 2. The normalized spacial score (nSPS) is 10.6. The van der Waals surface area contributed by atoms with E-state index in [0.717, 1.165) is 29.7 Å². The maximum Gasteiger partial charge on any atom is 0.353 e. The lowest BCUT2D eigenvalue weighted by molar-refractivity contribution is 0.0687. The van der Waals surface area contributed by atoms with E-state index in [0.29, 0.717) is 17.5 Å². The van der Waals surface area contributed by atoms with Crippen molar-refractivity contribution in [3.63, 3.8) is 0 Å². The number of nitriles is 1.